The van der Waals surface area contributed by atoms with Gasteiger partial charge in [0.25, 0.3) is 0 Å². The molecule has 8 nitrogen and oxygen atoms in total. The number of carboxylic acid groups (broad SMARTS) is 1. The van der Waals surface area contributed by atoms with E-state index in [2.05, 4.69) is 5.32 Å². The highest BCUT2D eigenvalue weighted by Crippen LogP contribution is 2.34. The van der Waals surface area contributed by atoms with E-state index in [0.717, 1.165) is 5.56 Å². The van der Waals surface area contributed by atoms with E-state index in [0.29, 0.717) is 43.2 Å². The maximum atomic E-state index is 12.2. The van der Waals surface area contributed by atoms with E-state index in [-0.39, 0.29) is 12.6 Å². The predicted octanol–water partition coefficient (Wildman–Crippen LogP) is 1.37. The quantitative estimate of drug-likeness (QED) is 0.769. The smallest absolute Gasteiger partial charge is 0.317 e. The number of nitrogens with one attached hydrogen (secondary N) is 1. The lowest BCUT2D eigenvalue weighted by molar-refractivity contribution is -0.141. The van der Waals surface area contributed by atoms with Gasteiger partial charge in [0, 0.05) is 37.3 Å². The van der Waals surface area contributed by atoms with E-state index in [1.165, 1.54) is 4.90 Å². The maximum Gasteiger partial charge on any atom is 0.317 e. The van der Waals surface area contributed by atoms with Gasteiger partial charge in [0.1, 0.15) is 17.2 Å². The summed E-state index contributed by atoms with van der Waals surface area (Å²) in [5, 5.41) is 11.8. The second-order valence-corrected chi connectivity index (χ2v) is 5.76. The molecule has 0 aliphatic carbocycles. The fourth-order valence-corrected chi connectivity index (χ4v) is 2.88. The molecule has 1 aromatic carbocycles. The fraction of sp³-hybridized carbons (Fsp3) is 0.529. The maximum absolute atomic E-state index is 12.2. The Morgan fingerprint density at radius 2 is 1.84 bits per heavy atom. The number of carboxylic acids is 1. The third kappa shape index (κ3) is 4.46. The van der Waals surface area contributed by atoms with Gasteiger partial charge in [-0.25, -0.2) is 4.79 Å². The van der Waals surface area contributed by atoms with Crippen molar-refractivity contribution in [3.63, 3.8) is 0 Å². The Hall–Kier alpha value is -2.64. The highest BCUT2D eigenvalue weighted by Gasteiger charge is 2.30. The molecule has 1 saturated heterocycles. The Balaban J connectivity index is 1.95. The van der Waals surface area contributed by atoms with Gasteiger partial charge in [0.05, 0.1) is 27.2 Å². The van der Waals surface area contributed by atoms with Crippen molar-refractivity contribution in [3.8, 4) is 17.2 Å². The highest BCUT2D eigenvalue weighted by atomic mass is 16.5. The molecule has 2 amide bonds. The van der Waals surface area contributed by atoms with Crippen LogP contribution in [0.5, 0.6) is 17.2 Å². The summed E-state index contributed by atoms with van der Waals surface area (Å²) in [4.78, 5) is 24.6. The average molecular weight is 352 g/mol. The second-order valence-electron chi connectivity index (χ2n) is 5.76. The van der Waals surface area contributed by atoms with Crippen LogP contribution in [0.15, 0.2) is 12.1 Å². The average Bonchev–Trinajstić information content (AvgIpc) is 3.11. The Bertz CT molecular complexity index is 609. The molecular formula is C17H24N2O6. The van der Waals surface area contributed by atoms with Crippen molar-refractivity contribution >= 4 is 12.0 Å². The fourth-order valence-electron chi connectivity index (χ4n) is 2.88. The van der Waals surface area contributed by atoms with E-state index in [1.807, 2.05) is 0 Å². The number of carbonyl (C=O) groups excluding carboxylic acids is 1. The SMILES string of the molecule is COc1cc(OC)c(CCNC(=O)N2CCC(C(=O)O)C2)c(OC)c1. The van der Waals surface area contributed by atoms with Crippen molar-refractivity contribution in [1.82, 2.24) is 10.2 Å². The molecule has 2 rings (SSSR count). The first-order chi connectivity index (χ1) is 12.0. The Labute approximate surface area is 146 Å². The lowest BCUT2D eigenvalue weighted by atomic mass is 10.1. The van der Waals surface area contributed by atoms with Gasteiger partial charge >= 0.3 is 12.0 Å². The number of likely N-dealkylation sites (tertiary alicyclic amines) is 1. The molecular weight excluding hydrogens is 328 g/mol. The number of hydrogen-bond acceptors (Lipinski definition) is 5. The zero-order chi connectivity index (χ0) is 18.4. The lowest BCUT2D eigenvalue weighted by Gasteiger charge is -2.18. The summed E-state index contributed by atoms with van der Waals surface area (Å²) in [6.45, 7) is 1.08. The number of hydrogen-bond donors (Lipinski definition) is 2. The zero-order valence-corrected chi connectivity index (χ0v) is 14.7. The van der Waals surface area contributed by atoms with Gasteiger partial charge in [0.2, 0.25) is 0 Å². The van der Waals surface area contributed by atoms with Gasteiger partial charge in [-0.2, -0.15) is 0 Å². The van der Waals surface area contributed by atoms with Crippen LogP contribution in [0.3, 0.4) is 0 Å². The molecule has 0 spiro atoms. The number of rotatable bonds is 7. The van der Waals surface area contributed by atoms with Crippen LogP contribution in [0.4, 0.5) is 4.79 Å². The number of carbonyl (C=O) groups is 2. The number of nitrogens with zero attached hydrogens (tertiary/aromatic N) is 1. The van der Waals surface area contributed by atoms with Gasteiger partial charge in [0.15, 0.2) is 0 Å². The van der Waals surface area contributed by atoms with Gasteiger partial charge < -0.3 is 29.5 Å². The topological polar surface area (TPSA) is 97.3 Å². The largest absolute Gasteiger partial charge is 0.496 e. The summed E-state index contributed by atoms with van der Waals surface area (Å²) in [6.07, 6.45) is 1.00. The molecule has 0 bridgehead atoms. The van der Waals surface area contributed by atoms with Gasteiger partial charge in [-0.3, -0.25) is 4.79 Å². The molecule has 138 valence electrons. The zero-order valence-electron chi connectivity index (χ0n) is 14.7. The first kappa shape index (κ1) is 18.7. The van der Waals surface area contributed by atoms with Gasteiger partial charge in [-0.1, -0.05) is 0 Å². The Kier molecular flexibility index (Phi) is 6.32. The molecule has 0 aromatic heterocycles. The number of ether oxygens (including phenoxy) is 3. The summed E-state index contributed by atoms with van der Waals surface area (Å²) in [5.41, 5.74) is 0.830. The van der Waals surface area contributed by atoms with Crippen LogP contribution in [0.2, 0.25) is 0 Å². The highest BCUT2D eigenvalue weighted by molar-refractivity contribution is 5.77. The summed E-state index contributed by atoms with van der Waals surface area (Å²) in [7, 11) is 4.69. The minimum absolute atomic E-state index is 0.246. The molecule has 1 fully saturated rings. The molecule has 25 heavy (non-hydrogen) atoms. The van der Waals surface area contributed by atoms with E-state index in [9.17, 15) is 9.59 Å². The van der Waals surface area contributed by atoms with Crippen molar-refractivity contribution in [2.24, 2.45) is 5.92 Å². The van der Waals surface area contributed by atoms with E-state index < -0.39 is 11.9 Å². The van der Waals surface area contributed by atoms with Gasteiger partial charge in [-0.15, -0.1) is 0 Å². The van der Waals surface area contributed by atoms with Crippen molar-refractivity contribution in [3.05, 3.63) is 17.7 Å². The second kappa shape index (κ2) is 8.46. The van der Waals surface area contributed by atoms with Crippen LogP contribution < -0.4 is 19.5 Å². The van der Waals surface area contributed by atoms with Crippen LogP contribution in [0.1, 0.15) is 12.0 Å². The summed E-state index contributed by atoms with van der Waals surface area (Å²) in [5.74, 6) is 0.531. The van der Waals surface area contributed by atoms with E-state index in [1.54, 1.807) is 33.5 Å². The van der Waals surface area contributed by atoms with E-state index in [4.69, 9.17) is 19.3 Å². The molecule has 1 unspecified atom stereocenters. The van der Waals surface area contributed by atoms with Crippen molar-refractivity contribution in [1.29, 1.82) is 0 Å². The molecule has 1 aliphatic heterocycles. The van der Waals surface area contributed by atoms with Crippen molar-refractivity contribution < 1.29 is 28.9 Å². The van der Waals surface area contributed by atoms with Crippen LogP contribution in [0.25, 0.3) is 0 Å². The van der Waals surface area contributed by atoms with Crippen LogP contribution in [0, 0.1) is 5.92 Å². The number of amides is 2. The van der Waals surface area contributed by atoms with Crippen molar-refractivity contribution in [2.45, 2.75) is 12.8 Å². The standard InChI is InChI=1S/C17H24N2O6/c1-23-12-8-14(24-2)13(15(9-12)25-3)4-6-18-17(22)19-7-5-11(10-19)16(20)21/h8-9,11H,4-7,10H2,1-3H3,(H,18,22)(H,20,21). The van der Waals surface area contributed by atoms with E-state index >= 15 is 0 Å². The van der Waals surface area contributed by atoms with Crippen LogP contribution >= 0.6 is 0 Å². The third-order valence-corrected chi connectivity index (χ3v) is 4.29. The van der Waals surface area contributed by atoms with Crippen LogP contribution in [-0.2, 0) is 11.2 Å². The molecule has 1 heterocycles. The normalized spacial score (nSPS) is 16.4. The van der Waals surface area contributed by atoms with Crippen LogP contribution in [-0.4, -0.2) is 63.0 Å². The monoisotopic (exact) mass is 352 g/mol. The number of aliphatic carboxylic acids is 1. The molecule has 2 N–H and O–H groups in total. The minimum Gasteiger partial charge on any atom is -0.496 e. The molecule has 1 aliphatic rings. The molecule has 1 atom stereocenters. The molecule has 1 aromatic rings. The number of benzene rings is 1. The molecule has 8 heteroatoms. The molecule has 0 radical (unpaired) electrons. The third-order valence-electron chi connectivity index (χ3n) is 4.29. The summed E-state index contributed by atoms with van der Waals surface area (Å²) < 4.78 is 16.0. The molecule has 0 saturated carbocycles. The predicted molar refractivity (Wildman–Crippen MR) is 90.5 cm³/mol. The lowest BCUT2D eigenvalue weighted by Crippen LogP contribution is -2.39. The first-order valence-corrected chi connectivity index (χ1v) is 8.04. The minimum atomic E-state index is -0.858. The first-order valence-electron chi connectivity index (χ1n) is 8.04. The number of urea groups is 1. The Morgan fingerprint density at radius 3 is 2.32 bits per heavy atom. The summed E-state index contributed by atoms with van der Waals surface area (Å²) in [6, 6.07) is 3.27. The summed E-state index contributed by atoms with van der Waals surface area (Å²) >= 11 is 0. The van der Waals surface area contributed by atoms with Gasteiger partial charge in [-0.05, 0) is 12.8 Å². The number of methoxy groups -OCH3 is 3. The van der Waals surface area contributed by atoms with Crippen molar-refractivity contribution in [2.75, 3.05) is 41.0 Å². The Morgan fingerprint density at radius 1 is 1.20 bits per heavy atom.